The number of amides is 1. The average molecular weight is 302 g/mol. The predicted octanol–water partition coefficient (Wildman–Crippen LogP) is 3.16. The Morgan fingerprint density at radius 1 is 1.47 bits per heavy atom. The Balaban J connectivity index is 2.91. The van der Waals surface area contributed by atoms with E-state index >= 15 is 0 Å². The van der Waals surface area contributed by atoms with Crippen LogP contribution in [-0.2, 0) is 0 Å². The molecule has 1 aromatic carbocycles. The van der Waals surface area contributed by atoms with Crippen molar-refractivity contribution in [2.24, 2.45) is 5.41 Å². The Morgan fingerprint density at radius 2 is 2.11 bits per heavy atom. The SMILES string of the molecule is CC(C)(C)C(CCO)NC(=O)c1cc(S)ccc1Cl. The van der Waals surface area contributed by atoms with Gasteiger partial charge in [0.1, 0.15) is 0 Å². The van der Waals surface area contributed by atoms with Crippen LogP contribution in [0.3, 0.4) is 0 Å². The van der Waals surface area contributed by atoms with Gasteiger partial charge < -0.3 is 10.4 Å². The largest absolute Gasteiger partial charge is 0.396 e. The summed E-state index contributed by atoms with van der Waals surface area (Å²) in [5.74, 6) is -0.241. The van der Waals surface area contributed by atoms with Crippen molar-refractivity contribution >= 4 is 30.1 Å². The predicted molar refractivity (Wildman–Crippen MR) is 81.1 cm³/mol. The molecule has 0 spiro atoms. The molecule has 19 heavy (non-hydrogen) atoms. The van der Waals surface area contributed by atoms with Gasteiger partial charge in [0.25, 0.3) is 5.91 Å². The number of carbonyl (C=O) groups excluding carboxylic acids is 1. The normalized spacial score (nSPS) is 13.2. The minimum atomic E-state index is -0.241. The molecule has 0 fully saturated rings. The van der Waals surface area contributed by atoms with Gasteiger partial charge in [0.2, 0.25) is 0 Å². The molecule has 0 aromatic heterocycles. The molecule has 1 rings (SSSR count). The van der Waals surface area contributed by atoms with Gasteiger partial charge >= 0.3 is 0 Å². The van der Waals surface area contributed by atoms with E-state index in [1.807, 2.05) is 20.8 Å². The van der Waals surface area contributed by atoms with Crippen LogP contribution in [-0.4, -0.2) is 23.7 Å². The first-order valence-electron chi connectivity index (χ1n) is 6.16. The van der Waals surface area contributed by atoms with Crippen LogP contribution in [0.4, 0.5) is 0 Å². The van der Waals surface area contributed by atoms with Crippen molar-refractivity contribution in [1.29, 1.82) is 0 Å². The van der Waals surface area contributed by atoms with E-state index in [0.717, 1.165) is 0 Å². The lowest BCUT2D eigenvalue weighted by Gasteiger charge is -2.31. The molecule has 0 aliphatic rings. The topological polar surface area (TPSA) is 49.3 Å². The minimum absolute atomic E-state index is 0.0303. The highest BCUT2D eigenvalue weighted by atomic mass is 35.5. The molecule has 1 atom stereocenters. The molecule has 1 amide bonds. The van der Waals surface area contributed by atoms with Crippen LogP contribution in [0.25, 0.3) is 0 Å². The lowest BCUT2D eigenvalue weighted by molar-refractivity contribution is 0.0885. The standard InChI is InChI=1S/C14H20ClNO2S/c1-14(2,3)12(6-7-17)16-13(18)10-8-9(19)4-5-11(10)15/h4-5,8,12,17,19H,6-7H2,1-3H3,(H,16,18). The van der Waals surface area contributed by atoms with Crippen LogP contribution in [0.2, 0.25) is 5.02 Å². The molecule has 3 nitrogen and oxygen atoms in total. The number of hydrogen-bond donors (Lipinski definition) is 3. The number of aliphatic hydroxyl groups is 1. The van der Waals surface area contributed by atoms with Gasteiger partial charge in [-0.1, -0.05) is 32.4 Å². The van der Waals surface area contributed by atoms with Gasteiger partial charge in [-0.3, -0.25) is 4.79 Å². The van der Waals surface area contributed by atoms with Gasteiger partial charge in [-0.25, -0.2) is 0 Å². The Morgan fingerprint density at radius 3 is 2.63 bits per heavy atom. The third-order valence-electron chi connectivity index (χ3n) is 2.96. The van der Waals surface area contributed by atoms with Crippen molar-refractivity contribution in [2.75, 3.05) is 6.61 Å². The van der Waals surface area contributed by atoms with Gasteiger partial charge in [-0.15, -0.1) is 12.6 Å². The van der Waals surface area contributed by atoms with E-state index in [-0.39, 0.29) is 24.0 Å². The molecule has 106 valence electrons. The molecule has 1 aromatic rings. The van der Waals surface area contributed by atoms with Crippen LogP contribution in [0.1, 0.15) is 37.6 Å². The fourth-order valence-electron chi connectivity index (χ4n) is 1.77. The summed E-state index contributed by atoms with van der Waals surface area (Å²) in [4.78, 5) is 12.9. The van der Waals surface area contributed by atoms with Crippen LogP contribution in [0.5, 0.6) is 0 Å². The van der Waals surface area contributed by atoms with E-state index < -0.39 is 0 Å². The van der Waals surface area contributed by atoms with Gasteiger partial charge in [0.05, 0.1) is 10.6 Å². The fourth-order valence-corrected chi connectivity index (χ4v) is 2.18. The minimum Gasteiger partial charge on any atom is -0.396 e. The Hall–Kier alpha value is -0.710. The summed E-state index contributed by atoms with van der Waals surface area (Å²) in [7, 11) is 0. The molecule has 0 aliphatic heterocycles. The number of aliphatic hydroxyl groups excluding tert-OH is 1. The molecule has 5 heteroatoms. The third kappa shape index (κ3) is 4.71. The second-order valence-electron chi connectivity index (χ2n) is 5.57. The number of rotatable bonds is 4. The molecule has 2 N–H and O–H groups in total. The monoisotopic (exact) mass is 301 g/mol. The molecule has 0 heterocycles. The van der Waals surface area contributed by atoms with Crippen LogP contribution in [0, 0.1) is 5.41 Å². The first-order chi connectivity index (χ1) is 8.75. The Kier molecular flexibility index (Phi) is 5.71. The van der Waals surface area contributed by atoms with Gasteiger partial charge in [0.15, 0.2) is 0 Å². The zero-order valence-corrected chi connectivity index (χ0v) is 13.1. The maximum Gasteiger partial charge on any atom is 0.253 e. The van der Waals surface area contributed by atoms with E-state index in [4.69, 9.17) is 16.7 Å². The van der Waals surface area contributed by atoms with Crippen LogP contribution in [0.15, 0.2) is 23.1 Å². The van der Waals surface area contributed by atoms with E-state index in [1.165, 1.54) is 0 Å². The maximum absolute atomic E-state index is 12.2. The Labute approximate surface area is 124 Å². The van der Waals surface area contributed by atoms with E-state index in [1.54, 1.807) is 18.2 Å². The van der Waals surface area contributed by atoms with Crippen molar-refractivity contribution in [3.63, 3.8) is 0 Å². The summed E-state index contributed by atoms with van der Waals surface area (Å²) in [5, 5.41) is 12.4. The lowest BCUT2D eigenvalue weighted by Crippen LogP contribution is -2.44. The molecule has 0 radical (unpaired) electrons. The summed E-state index contributed by atoms with van der Waals surface area (Å²) >= 11 is 10.2. The van der Waals surface area contributed by atoms with Crippen molar-refractivity contribution in [3.8, 4) is 0 Å². The third-order valence-corrected chi connectivity index (χ3v) is 3.57. The number of halogens is 1. The van der Waals surface area contributed by atoms with E-state index in [0.29, 0.717) is 21.9 Å². The second-order valence-corrected chi connectivity index (χ2v) is 6.49. The van der Waals surface area contributed by atoms with E-state index in [9.17, 15) is 4.79 Å². The van der Waals surface area contributed by atoms with Crippen molar-refractivity contribution in [3.05, 3.63) is 28.8 Å². The fraction of sp³-hybridized carbons (Fsp3) is 0.500. The van der Waals surface area contributed by atoms with Crippen molar-refractivity contribution in [1.82, 2.24) is 5.32 Å². The molecule has 0 saturated heterocycles. The van der Waals surface area contributed by atoms with E-state index in [2.05, 4.69) is 17.9 Å². The highest BCUT2D eigenvalue weighted by Gasteiger charge is 2.26. The number of thiol groups is 1. The summed E-state index contributed by atoms with van der Waals surface area (Å²) in [6.07, 6.45) is 0.507. The smallest absolute Gasteiger partial charge is 0.253 e. The molecular weight excluding hydrogens is 282 g/mol. The van der Waals surface area contributed by atoms with Crippen LogP contribution >= 0.6 is 24.2 Å². The number of benzene rings is 1. The first-order valence-corrected chi connectivity index (χ1v) is 6.98. The second kappa shape index (κ2) is 6.64. The molecule has 1 unspecified atom stereocenters. The first kappa shape index (κ1) is 16.3. The molecular formula is C14H20ClNO2S. The Bertz CT molecular complexity index is 457. The van der Waals surface area contributed by atoms with Crippen molar-refractivity contribution < 1.29 is 9.90 Å². The van der Waals surface area contributed by atoms with Gasteiger partial charge in [0, 0.05) is 17.5 Å². The molecule has 0 bridgehead atoms. The number of hydrogen-bond acceptors (Lipinski definition) is 3. The summed E-state index contributed by atoms with van der Waals surface area (Å²) in [5.41, 5.74) is 0.269. The highest BCUT2D eigenvalue weighted by molar-refractivity contribution is 7.80. The van der Waals surface area contributed by atoms with Gasteiger partial charge in [-0.05, 0) is 30.0 Å². The van der Waals surface area contributed by atoms with Crippen molar-refractivity contribution in [2.45, 2.75) is 38.1 Å². The van der Waals surface area contributed by atoms with Gasteiger partial charge in [-0.2, -0.15) is 0 Å². The number of nitrogens with one attached hydrogen (secondary N) is 1. The zero-order chi connectivity index (χ0) is 14.6. The summed E-state index contributed by atoms with van der Waals surface area (Å²) in [6.45, 7) is 6.08. The quantitative estimate of drug-likeness (QED) is 0.748. The van der Waals surface area contributed by atoms with Crippen LogP contribution < -0.4 is 5.32 Å². The maximum atomic E-state index is 12.2. The molecule has 0 saturated carbocycles. The number of carbonyl (C=O) groups is 1. The summed E-state index contributed by atoms with van der Waals surface area (Å²) in [6, 6.07) is 4.90. The average Bonchev–Trinajstić information content (AvgIpc) is 2.30. The highest BCUT2D eigenvalue weighted by Crippen LogP contribution is 2.24. The molecule has 0 aliphatic carbocycles. The summed E-state index contributed by atoms with van der Waals surface area (Å²) < 4.78 is 0. The lowest BCUT2D eigenvalue weighted by atomic mass is 9.85. The zero-order valence-electron chi connectivity index (χ0n) is 11.4.